The summed E-state index contributed by atoms with van der Waals surface area (Å²) in [5.41, 5.74) is 2.03. The van der Waals surface area contributed by atoms with E-state index < -0.39 is 17.5 Å². The fourth-order valence-electron chi connectivity index (χ4n) is 3.09. The van der Waals surface area contributed by atoms with Crippen LogP contribution in [0.3, 0.4) is 0 Å². The molecule has 5 nitrogen and oxygen atoms in total. The van der Waals surface area contributed by atoms with E-state index in [-0.39, 0.29) is 22.6 Å². The van der Waals surface area contributed by atoms with Gasteiger partial charge in [0.1, 0.15) is 17.3 Å². The van der Waals surface area contributed by atoms with E-state index >= 15 is 0 Å². The second kappa shape index (κ2) is 7.26. The lowest BCUT2D eigenvalue weighted by Gasteiger charge is -2.11. The Labute approximate surface area is 160 Å². The monoisotopic (exact) mass is 380 g/mol. The fraction of sp³-hybridized carbons (Fsp3) is 0.143. The number of carbonyl (C=O) groups excluding carboxylic acids is 1. The van der Waals surface area contributed by atoms with Gasteiger partial charge in [0.05, 0.1) is 24.3 Å². The Bertz CT molecular complexity index is 1090. The van der Waals surface area contributed by atoms with E-state index in [0.29, 0.717) is 6.54 Å². The van der Waals surface area contributed by atoms with Gasteiger partial charge < -0.3 is 10.3 Å². The molecule has 1 atom stereocenters. The first-order valence-corrected chi connectivity index (χ1v) is 8.85. The van der Waals surface area contributed by atoms with Crippen LogP contribution in [-0.4, -0.2) is 20.7 Å². The second-order valence-corrected chi connectivity index (χ2v) is 6.65. The van der Waals surface area contributed by atoms with Crippen LogP contribution in [0.5, 0.6) is 0 Å². The third-order valence-corrected chi connectivity index (χ3v) is 4.62. The van der Waals surface area contributed by atoms with Crippen molar-refractivity contribution in [3.8, 4) is 0 Å². The summed E-state index contributed by atoms with van der Waals surface area (Å²) < 4.78 is 29.4. The number of hydrogen-bond acceptors (Lipinski definition) is 2. The highest BCUT2D eigenvalue weighted by molar-refractivity contribution is 5.98. The molecule has 0 fully saturated rings. The van der Waals surface area contributed by atoms with E-state index in [1.165, 1.54) is 6.07 Å². The molecule has 0 aliphatic heterocycles. The predicted octanol–water partition coefficient (Wildman–Crippen LogP) is 4.18. The second-order valence-electron chi connectivity index (χ2n) is 6.65. The summed E-state index contributed by atoms with van der Waals surface area (Å²) in [5.74, 6) is -1.63. The molecule has 2 aromatic carbocycles. The Balaban J connectivity index is 1.48. The van der Waals surface area contributed by atoms with E-state index in [1.54, 1.807) is 10.9 Å². The lowest BCUT2D eigenvalue weighted by molar-refractivity contribution is 0.0935. The number of aromatic nitrogens is 3. The van der Waals surface area contributed by atoms with Crippen molar-refractivity contribution in [1.29, 1.82) is 0 Å². The maximum Gasteiger partial charge on any atom is 0.268 e. The van der Waals surface area contributed by atoms with Crippen LogP contribution in [0, 0.1) is 11.6 Å². The van der Waals surface area contributed by atoms with E-state index in [9.17, 15) is 13.6 Å². The Morgan fingerprint density at radius 2 is 1.93 bits per heavy atom. The van der Waals surface area contributed by atoms with Crippen molar-refractivity contribution in [2.75, 3.05) is 0 Å². The zero-order valence-electron chi connectivity index (χ0n) is 15.1. The molecule has 1 unspecified atom stereocenters. The van der Waals surface area contributed by atoms with Gasteiger partial charge in [0, 0.05) is 17.1 Å². The van der Waals surface area contributed by atoms with E-state index in [2.05, 4.69) is 15.4 Å². The van der Waals surface area contributed by atoms with Crippen LogP contribution < -0.4 is 5.32 Å². The van der Waals surface area contributed by atoms with Gasteiger partial charge in [-0.2, -0.15) is 5.10 Å². The zero-order chi connectivity index (χ0) is 19.7. The number of amides is 1. The molecule has 0 saturated carbocycles. The first kappa shape index (κ1) is 17.9. The zero-order valence-corrected chi connectivity index (χ0v) is 15.1. The van der Waals surface area contributed by atoms with Crippen molar-refractivity contribution in [2.45, 2.75) is 19.5 Å². The minimum Gasteiger partial charge on any atom is -0.348 e. The van der Waals surface area contributed by atoms with Crippen LogP contribution in [0.2, 0.25) is 0 Å². The van der Waals surface area contributed by atoms with Crippen molar-refractivity contribution < 1.29 is 13.6 Å². The van der Waals surface area contributed by atoms with Gasteiger partial charge in [0.25, 0.3) is 5.91 Å². The number of benzene rings is 2. The number of H-pyrrole nitrogens is 1. The van der Waals surface area contributed by atoms with Crippen LogP contribution in [0.25, 0.3) is 10.9 Å². The molecule has 0 bridgehead atoms. The largest absolute Gasteiger partial charge is 0.348 e. The third-order valence-electron chi connectivity index (χ3n) is 4.62. The van der Waals surface area contributed by atoms with Crippen LogP contribution in [0.15, 0.2) is 60.9 Å². The minimum absolute atomic E-state index is 0.0199. The Hall–Kier alpha value is -3.48. The highest BCUT2D eigenvalue weighted by Gasteiger charge is 2.17. The van der Waals surface area contributed by atoms with E-state index in [4.69, 9.17) is 0 Å². The maximum absolute atomic E-state index is 13.8. The topological polar surface area (TPSA) is 62.7 Å². The number of nitrogens with zero attached hydrogens (tertiary/aromatic N) is 2. The molecule has 4 rings (SSSR count). The Morgan fingerprint density at radius 3 is 2.68 bits per heavy atom. The quantitative estimate of drug-likeness (QED) is 0.546. The smallest absolute Gasteiger partial charge is 0.268 e. The van der Waals surface area contributed by atoms with Crippen molar-refractivity contribution in [1.82, 2.24) is 20.1 Å². The van der Waals surface area contributed by atoms with Crippen molar-refractivity contribution in [3.05, 3.63) is 89.4 Å². The first-order chi connectivity index (χ1) is 13.5. The molecule has 2 aromatic heterocycles. The Morgan fingerprint density at radius 1 is 1.18 bits per heavy atom. The molecule has 2 heterocycles. The Kier molecular flexibility index (Phi) is 4.65. The molecule has 0 aliphatic carbocycles. The SMILES string of the molecule is CC(NC(=O)c1cc2c(F)ccc(F)c2[nH]1)c1cnn(Cc2ccccc2)c1. The van der Waals surface area contributed by atoms with Gasteiger partial charge >= 0.3 is 0 Å². The van der Waals surface area contributed by atoms with Crippen molar-refractivity contribution >= 4 is 16.8 Å². The molecule has 0 radical (unpaired) electrons. The van der Waals surface area contributed by atoms with Crippen LogP contribution in [0.1, 0.15) is 34.6 Å². The van der Waals surface area contributed by atoms with Gasteiger partial charge in [0.15, 0.2) is 0 Å². The molecular formula is C21H18F2N4O. The molecule has 2 N–H and O–H groups in total. The highest BCUT2D eigenvalue weighted by atomic mass is 19.1. The van der Waals surface area contributed by atoms with Gasteiger partial charge in [-0.25, -0.2) is 8.78 Å². The number of rotatable bonds is 5. The molecule has 4 aromatic rings. The average Bonchev–Trinajstić information content (AvgIpc) is 3.34. The van der Waals surface area contributed by atoms with E-state index in [0.717, 1.165) is 23.3 Å². The summed E-state index contributed by atoms with van der Waals surface area (Å²) in [6.45, 7) is 2.45. The summed E-state index contributed by atoms with van der Waals surface area (Å²) in [4.78, 5) is 15.2. The van der Waals surface area contributed by atoms with Crippen LogP contribution in [-0.2, 0) is 6.54 Å². The molecule has 0 spiro atoms. The van der Waals surface area contributed by atoms with Gasteiger partial charge in [0.2, 0.25) is 0 Å². The molecule has 0 saturated heterocycles. The van der Waals surface area contributed by atoms with E-state index in [1.807, 2.05) is 43.5 Å². The molecule has 7 heteroatoms. The molecule has 0 aliphatic rings. The highest BCUT2D eigenvalue weighted by Crippen LogP contribution is 2.22. The van der Waals surface area contributed by atoms with Crippen molar-refractivity contribution in [2.24, 2.45) is 0 Å². The first-order valence-electron chi connectivity index (χ1n) is 8.85. The van der Waals surface area contributed by atoms with Gasteiger partial charge in [-0.15, -0.1) is 0 Å². The summed E-state index contributed by atoms with van der Waals surface area (Å²) in [6, 6.07) is 13.0. The molecular weight excluding hydrogens is 362 g/mol. The fourth-order valence-corrected chi connectivity index (χ4v) is 3.09. The predicted molar refractivity (Wildman–Crippen MR) is 102 cm³/mol. The summed E-state index contributed by atoms with van der Waals surface area (Å²) in [5, 5.41) is 7.20. The summed E-state index contributed by atoms with van der Waals surface area (Å²) >= 11 is 0. The van der Waals surface area contributed by atoms with Crippen molar-refractivity contribution in [3.63, 3.8) is 0 Å². The normalized spacial score (nSPS) is 12.2. The average molecular weight is 380 g/mol. The number of carbonyl (C=O) groups is 1. The number of halogens is 2. The molecule has 1 amide bonds. The lowest BCUT2D eigenvalue weighted by Crippen LogP contribution is -2.26. The number of aromatic amines is 1. The standard InChI is InChI=1S/C21H18F2N4O/c1-13(15-10-24-27(12-15)11-14-5-3-2-4-6-14)25-21(28)19-9-16-17(22)7-8-18(23)20(16)26-19/h2-10,12-13,26H,11H2,1H3,(H,25,28). The number of hydrogen-bond donors (Lipinski definition) is 2. The summed E-state index contributed by atoms with van der Waals surface area (Å²) in [6.07, 6.45) is 3.56. The summed E-state index contributed by atoms with van der Waals surface area (Å²) in [7, 11) is 0. The number of nitrogens with one attached hydrogen (secondary N) is 2. The molecule has 142 valence electrons. The third kappa shape index (κ3) is 3.51. The van der Waals surface area contributed by atoms with Gasteiger partial charge in [-0.3, -0.25) is 9.48 Å². The minimum atomic E-state index is -0.606. The molecule has 28 heavy (non-hydrogen) atoms. The number of fused-ring (bicyclic) bond motifs is 1. The van der Waals surface area contributed by atoms with Gasteiger partial charge in [-0.05, 0) is 30.7 Å². The van der Waals surface area contributed by atoms with Gasteiger partial charge in [-0.1, -0.05) is 30.3 Å². The van der Waals surface area contributed by atoms with Crippen LogP contribution >= 0.6 is 0 Å². The van der Waals surface area contributed by atoms with Crippen LogP contribution in [0.4, 0.5) is 8.78 Å². The maximum atomic E-state index is 13.8. The lowest BCUT2D eigenvalue weighted by atomic mass is 10.2.